The number of rotatable bonds is 5. The van der Waals surface area contributed by atoms with Crippen molar-refractivity contribution in [3.63, 3.8) is 0 Å². The van der Waals surface area contributed by atoms with Crippen LogP contribution in [-0.2, 0) is 17.5 Å². The van der Waals surface area contributed by atoms with E-state index in [9.17, 15) is 22.8 Å². The zero-order valence-electron chi connectivity index (χ0n) is 13.2. The molecule has 138 valence electrons. The topological polar surface area (TPSA) is 58.2 Å². The summed E-state index contributed by atoms with van der Waals surface area (Å²) in [6, 6.07) is 8.91. The third kappa shape index (κ3) is 5.64. The fourth-order valence-electron chi connectivity index (χ4n) is 2.05. The minimum Gasteiger partial charge on any atom is -0.350 e. The number of carbonyl (C=O) groups is 2. The Kier molecular flexibility index (Phi) is 6.50. The van der Waals surface area contributed by atoms with E-state index in [2.05, 4.69) is 10.6 Å². The van der Waals surface area contributed by atoms with Crippen molar-refractivity contribution >= 4 is 35.0 Å². The molecule has 0 radical (unpaired) electrons. The maximum Gasteiger partial charge on any atom is 0.416 e. The molecule has 0 spiro atoms. The molecule has 0 unspecified atom stereocenters. The van der Waals surface area contributed by atoms with Gasteiger partial charge in [0.1, 0.15) is 0 Å². The van der Waals surface area contributed by atoms with Crippen LogP contribution in [-0.4, -0.2) is 18.4 Å². The molecule has 0 aromatic heterocycles. The van der Waals surface area contributed by atoms with Crippen molar-refractivity contribution in [2.75, 3.05) is 6.54 Å². The monoisotopic (exact) mass is 404 g/mol. The number of hydrogen-bond donors (Lipinski definition) is 2. The van der Waals surface area contributed by atoms with E-state index in [1.54, 1.807) is 0 Å². The summed E-state index contributed by atoms with van der Waals surface area (Å²) in [4.78, 5) is 23.7. The number of nitrogens with one attached hydrogen (secondary N) is 2. The third-order valence-electron chi connectivity index (χ3n) is 3.33. The van der Waals surface area contributed by atoms with Crippen molar-refractivity contribution in [3.05, 3.63) is 69.2 Å². The average molecular weight is 405 g/mol. The molecule has 0 aliphatic rings. The average Bonchev–Trinajstić information content (AvgIpc) is 2.57. The summed E-state index contributed by atoms with van der Waals surface area (Å²) in [6.45, 7) is -0.447. The number of benzene rings is 2. The number of carbonyl (C=O) groups excluding carboxylic acids is 2. The number of halogens is 5. The molecule has 2 aromatic rings. The van der Waals surface area contributed by atoms with Crippen molar-refractivity contribution in [2.24, 2.45) is 0 Å². The summed E-state index contributed by atoms with van der Waals surface area (Å²) >= 11 is 11.6. The highest BCUT2D eigenvalue weighted by molar-refractivity contribution is 6.36. The molecule has 0 aliphatic heterocycles. The van der Waals surface area contributed by atoms with Gasteiger partial charge in [-0.05, 0) is 35.9 Å². The molecule has 2 N–H and O–H groups in total. The van der Waals surface area contributed by atoms with E-state index >= 15 is 0 Å². The van der Waals surface area contributed by atoms with Crippen molar-refractivity contribution in [1.29, 1.82) is 0 Å². The Labute approximate surface area is 157 Å². The van der Waals surface area contributed by atoms with Crippen LogP contribution in [0.25, 0.3) is 0 Å². The molecule has 4 nitrogen and oxygen atoms in total. The summed E-state index contributed by atoms with van der Waals surface area (Å²) in [5.74, 6) is -1.12. The Morgan fingerprint density at radius 2 is 1.73 bits per heavy atom. The molecule has 0 fully saturated rings. The Balaban J connectivity index is 1.87. The molecular weight excluding hydrogens is 392 g/mol. The molecule has 26 heavy (non-hydrogen) atoms. The predicted octanol–water partition coefficient (Wildman–Crippen LogP) is 4.06. The molecule has 0 aliphatic carbocycles. The number of hydrogen-bond acceptors (Lipinski definition) is 2. The largest absolute Gasteiger partial charge is 0.416 e. The summed E-state index contributed by atoms with van der Waals surface area (Å²) in [5.41, 5.74) is -0.350. The summed E-state index contributed by atoms with van der Waals surface area (Å²) in [7, 11) is 0. The van der Waals surface area contributed by atoms with Crippen LogP contribution in [0.2, 0.25) is 10.0 Å². The van der Waals surface area contributed by atoms with Gasteiger partial charge in [0.05, 0.1) is 22.7 Å². The van der Waals surface area contributed by atoms with Gasteiger partial charge >= 0.3 is 6.18 Å². The number of amides is 2. The molecule has 9 heteroatoms. The Bertz CT molecular complexity index is 826. The van der Waals surface area contributed by atoms with Crippen LogP contribution in [0.15, 0.2) is 42.5 Å². The maximum atomic E-state index is 12.6. The van der Waals surface area contributed by atoms with Gasteiger partial charge in [-0.3, -0.25) is 9.59 Å². The van der Waals surface area contributed by atoms with Gasteiger partial charge in [-0.2, -0.15) is 13.2 Å². The maximum absolute atomic E-state index is 12.6. The first kappa shape index (κ1) is 20.1. The first-order chi connectivity index (χ1) is 12.2. The molecular formula is C17H13Cl2F3N2O2. The zero-order valence-corrected chi connectivity index (χ0v) is 14.7. The molecule has 0 heterocycles. The van der Waals surface area contributed by atoms with Gasteiger partial charge in [0.2, 0.25) is 5.91 Å². The second kappa shape index (κ2) is 8.42. The van der Waals surface area contributed by atoms with Crippen molar-refractivity contribution in [2.45, 2.75) is 12.7 Å². The number of alkyl halides is 3. The van der Waals surface area contributed by atoms with Gasteiger partial charge in [-0.15, -0.1) is 0 Å². The van der Waals surface area contributed by atoms with Gasteiger partial charge in [-0.1, -0.05) is 35.3 Å². The van der Waals surface area contributed by atoms with Gasteiger partial charge < -0.3 is 10.6 Å². The van der Waals surface area contributed by atoms with Gasteiger partial charge in [0, 0.05) is 11.6 Å². The Hall–Kier alpha value is -2.25. The normalized spacial score (nSPS) is 11.1. The van der Waals surface area contributed by atoms with E-state index in [4.69, 9.17) is 23.2 Å². The zero-order chi connectivity index (χ0) is 19.3. The third-order valence-corrected chi connectivity index (χ3v) is 3.88. The second-order valence-electron chi connectivity index (χ2n) is 5.28. The minimum absolute atomic E-state index is 0.0969. The van der Waals surface area contributed by atoms with Crippen LogP contribution in [0.5, 0.6) is 0 Å². The van der Waals surface area contributed by atoms with Crippen LogP contribution in [0, 0.1) is 0 Å². The van der Waals surface area contributed by atoms with E-state index in [-0.39, 0.29) is 23.7 Å². The highest BCUT2D eigenvalue weighted by Gasteiger charge is 2.30. The van der Waals surface area contributed by atoms with Crippen LogP contribution < -0.4 is 10.6 Å². The fourth-order valence-corrected chi connectivity index (χ4v) is 2.54. The predicted molar refractivity (Wildman–Crippen MR) is 92.1 cm³/mol. The van der Waals surface area contributed by atoms with Crippen LogP contribution in [0.4, 0.5) is 13.2 Å². The summed E-state index contributed by atoms with van der Waals surface area (Å²) in [5, 5.41) is 5.31. The molecule has 2 aromatic carbocycles. The SMILES string of the molecule is O=C(CNC(=O)c1ccc(Cl)cc1Cl)NCc1cccc(C(F)(F)F)c1. The highest BCUT2D eigenvalue weighted by Crippen LogP contribution is 2.29. The van der Waals surface area contributed by atoms with E-state index in [1.807, 2.05) is 0 Å². The Morgan fingerprint density at radius 1 is 1.00 bits per heavy atom. The van der Waals surface area contributed by atoms with Gasteiger partial charge in [0.15, 0.2) is 0 Å². The van der Waals surface area contributed by atoms with Crippen molar-refractivity contribution in [3.8, 4) is 0 Å². The van der Waals surface area contributed by atoms with E-state index in [0.717, 1.165) is 12.1 Å². The molecule has 2 rings (SSSR count). The smallest absolute Gasteiger partial charge is 0.350 e. The minimum atomic E-state index is -4.45. The van der Waals surface area contributed by atoms with E-state index in [0.29, 0.717) is 10.6 Å². The Morgan fingerprint density at radius 3 is 2.38 bits per heavy atom. The van der Waals surface area contributed by atoms with Gasteiger partial charge in [0.25, 0.3) is 5.91 Å². The first-order valence-corrected chi connectivity index (χ1v) is 8.08. The van der Waals surface area contributed by atoms with Crippen LogP contribution in [0.3, 0.4) is 0 Å². The van der Waals surface area contributed by atoms with Crippen molar-refractivity contribution < 1.29 is 22.8 Å². The molecule has 0 saturated heterocycles. The van der Waals surface area contributed by atoms with Crippen LogP contribution in [0.1, 0.15) is 21.5 Å². The van der Waals surface area contributed by atoms with Crippen LogP contribution >= 0.6 is 23.2 Å². The quantitative estimate of drug-likeness (QED) is 0.789. The molecule has 0 saturated carbocycles. The summed E-state index contributed by atoms with van der Waals surface area (Å²) < 4.78 is 37.9. The standard InChI is InChI=1S/C17H13Cl2F3N2O2/c18-12-4-5-13(14(19)7-12)16(26)24-9-15(25)23-8-10-2-1-3-11(6-10)17(20,21)22/h1-7H,8-9H2,(H,23,25)(H,24,26). The lowest BCUT2D eigenvalue weighted by atomic mass is 10.1. The molecule has 0 atom stereocenters. The van der Waals surface area contributed by atoms with E-state index < -0.39 is 23.6 Å². The lowest BCUT2D eigenvalue weighted by Crippen LogP contribution is -2.36. The van der Waals surface area contributed by atoms with Gasteiger partial charge in [-0.25, -0.2) is 0 Å². The lowest BCUT2D eigenvalue weighted by molar-refractivity contribution is -0.137. The van der Waals surface area contributed by atoms with Crippen molar-refractivity contribution in [1.82, 2.24) is 10.6 Å². The second-order valence-corrected chi connectivity index (χ2v) is 6.13. The first-order valence-electron chi connectivity index (χ1n) is 7.33. The molecule has 0 bridgehead atoms. The molecule has 2 amide bonds. The van der Waals surface area contributed by atoms with E-state index in [1.165, 1.54) is 30.3 Å². The lowest BCUT2D eigenvalue weighted by Gasteiger charge is -2.10. The highest BCUT2D eigenvalue weighted by atomic mass is 35.5. The fraction of sp³-hybridized carbons (Fsp3) is 0.176. The summed E-state index contributed by atoms with van der Waals surface area (Å²) in [6.07, 6.45) is -4.45.